The molecule has 1 aromatic carbocycles. The predicted molar refractivity (Wildman–Crippen MR) is 64.3 cm³/mol. The first-order valence-corrected chi connectivity index (χ1v) is 5.46. The van der Waals surface area contributed by atoms with Crippen molar-refractivity contribution < 1.29 is 9.90 Å². The maximum atomic E-state index is 11.2. The van der Waals surface area contributed by atoms with Crippen LogP contribution in [0.5, 0.6) is 0 Å². The number of aromatic carboxylic acids is 1. The number of hydrogen-bond acceptors (Lipinski definition) is 1. The highest BCUT2D eigenvalue weighted by Crippen LogP contribution is 2.30. The van der Waals surface area contributed by atoms with Gasteiger partial charge in [0.2, 0.25) is 0 Å². The van der Waals surface area contributed by atoms with Crippen molar-refractivity contribution in [3.05, 3.63) is 34.5 Å². The molecule has 1 aromatic heterocycles. The number of para-hydroxylation sites is 1. The zero-order chi connectivity index (χ0) is 11.9. The average molecular weight is 238 g/mol. The Balaban J connectivity index is 2.97. The van der Waals surface area contributed by atoms with Gasteiger partial charge < -0.3 is 9.67 Å². The summed E-state index contributed by atoms with van der Waals surface area (Å²) in [6.07, 6.45) is 0. The van der Waals surface area contributed by atoms with Crippen LogP contribution in [0.25, 0.3) is 10.9 Å². The number of carboxylic acid groups (broad SMARTS) is 1. The molecule has 0 radical (unpaired) electrons. The molecule has 84 valence electrons. The molecule has 0 amide bonds. The maximum absolute atomic E-state index is 11.2. The summed E-state index contributed by atoms with van der Waals surface area (Å²) in [5.74, 6) is -0.911. The number of fused-ring (bicyclic) bond motifs is 1. The fourth-order valence-electron chi connectivity index (χ4n) is 2.13. The third kappa shape index (κ3) is 1.39. The molecule has 0 aliphatic heterocycles. The second kappa shape index (κ2) is 3.83. The van der Waals surface area contributed by atoms with Crippen LogP contribution in [0.3, 0.4) is 0 Å². The van der Waals surface area contributed by atoms with Gasteiger partial charge in [-0.25, -0.2) is 4.79 Å². The first-order chi connectivity index (χ1) is 7.57. The van der Waals surface area contributed by atoms with Crippen molar-refractivity contribution in [1.82, 2.24) is 4.57 Å². The van der Waals surface area contributed by atoms with Crippen molar-refractivity contribution in [2.45, 2.75) is 20.4 Å². The largest absolute Gasteiger partial charge is 0.477 e. The molecule has 0 aliphatic rings. The van der Waals surface area contributed by atoms with Gasteiger partial charge in [0.15, 0.2) is 0 Å². The Labute approximate surface area is 98.3 Å². The van der Waals surface area contributed by atoms with Gasteiger partial charge in [-0.3, -0.25) is 0 Å². The fourth-order valence-corrected chi connectivity index (χ4v) is 2.40. The summed E-state index contributed by atoms with van der Waals surface area (Å²) >= 11 is 6.12. The van der Waals surface area contributed by atoms with Gasteiger partial charge in [-0.15, -0.1) is 0 Å². The van der Waals surface area contributed by atoms with Crippen molar-refractivity contribution in [3.8, 4) is 0 Å². The molecule has 0 fully saturated rings. The molecule has 4 heteroatoms. The molecule has 3 nitrogen and oxygen atoms in total. The molecule has 0 bridgehead atoms. The van der Waals surface area contributed by atoms with E-state index in [-0.39, 0.29) is 0 Å². The Bertz CT molecular complexity index is 572. The lowest BCUT2D eigenvalue weighted by molar-refractivity contribution is 0.0685. The van der Waals surface area contributed by atoms with E-state index in [1.807, 2.05) is 26.0 Å². The van der Waals surface area contributed by atoms with Gasteiger partial charge in [-0.1, -0.05) is 23.7 Å². The Morgan fingerprint density at radius 3 is 2.75 bits per heavy atom. The van der Waals surface area contributed by atoms with Crippen LogP contribution < -0.4 is 0 Å². The Hall–Kier alpha value is -1.48. The summed E-state index contributed by atoms with van der Waals surface area (Å²) in [4.78, 5) is 11.2. The summed E-state index contributed by atoms with van der Waals surface area (Å²) in [6.45, 7) is 4.32. The zero-order valence-corrected chi connectivity index (χ0v) is 9.88. The lowest BCUT2D eigenvalue weighted by atomic mass is 10.1. The van der Waals surface area contributed by atoms with E-state index < -0.39 is 5.97 Å². The number of hydrogen-bond donors (Lipinski definition) is 1. The van der Waals surface area contributed by atoms with E-state index in [4.69, 9.17) is 11.6 Å². The van der Waals surface area contributed by atoms with Gasteiger partial charge in [-0.2, -0.15) is 0 Å². The van der Waals surface area contributed by atoms with Crippen LogP contribution >= 0.6 is 11.6 Å². The molecule has 1 heterocycles. The lowest BCUT2D eigenvalue weighted by Gasteiger charge is -2.05. The minimum atomic E-state index is -0.911. The minimum Gasteiger partial charge on any atom is -0.477 e. The van der Waals surface area contributed by atoms with Gasteiger partial charge in [0.1, 0.15) is 5.69 Å². The van der Waals surface area contributed by atoms with Crippen molar-refractivity contribution in [2.75, 3.05) is 0 Å². The van der Waals surface area contributed by atoms with Crippen molar-refractivity contribution in [3.63, 3.8) is 0 Å². The number of nitrogens with zero attached hydrogens (tertiary/aromatic N) is 1. The number of carbonyl (C=O) groups is 1. The van der Waals surface area contributed by atoms with Crippen LogP contribution in [0.4, 0.5) is 0 Å². The molecule has 0 atom stereocenters. The maximum Gasteiger partial charge on any atom is 0.352 e. The molecule has 0 saturated carbocycles. The molecular weight excluding hydrogens is 226 g/mol. The molecular formula is C12H12ClNO2. The molecule has 0 unspecified atom stereocenters. The summed E-state index contributed by atoms with van der Waals surface area (Å²) in [5.41, 5.74) is 1.90. The van der Waals surface area contributed by atoms with Crippen LogP contribution in [-0.2, 0) is 6.54 Å². The summed E-state index contributed by atoms with van der Waals surface area (Å²) in [5, 5.41) is 10.7. The Kier molecular flexibility index (Phi) is 2.64. The third-order valence-electron chi connectivity index (χ3n) is 2.80. The highest BCUT2D eigenvalue weighted by molar-refractivity contribution is 6.35. The van der Waals surface area contributed by atoms with Crippen LogP contribution in [-0.4, -0.2) is 15.6 Å². The van der Waals surface area contributed by atoms with Crippen LogP contribution in [0.2, 0.25) is 5.02 Å². The van der Waals surface area contributed by atoms with Crippen molar-refractivity contribution in [1.29, 1.82) is 0 Å². The Morgan fingerprint density at radius 1 is 1.50 bits per heavy atom. The van der Waals surface area contributed by atoms with E-state index in [1.165, 1.54) is 0 Å². The highest BCUT2D eigenvalue weighted by Gasteiger charge is 2.19. The van der Waals surface area contributed by atoms with E-state index in [1.54, 1.807) is 10.6 Å². The first-order valence-electron chi connectivity index (χ1n) is 5.08. The topological polar surface area (TPSA) is 42.2 Å². The monoisotopic (exact) mass is 237 g/mol. The van der Waals surface area contributed by atoms with E-state index >= 15 is 0 Å². The molecule has 2 rings (SSSR count). The van der Waals surface area contributed by atoms with E-state index in [2.05, 4.69) is 0 Å². The van der Waals surface area contributed by atoms with E-state index in [0.29, 0.717) is 17.3 Å². The van der Waals surface area contributed by atoms with Crippen LogP contribution in [0.15, 0.2) is 18.2 Å². The quantitative estimate of drug-likeness (QED) is 0.871. The molecule has 1 N–H and O–H groups in total. The minimum absolute atomic E-state index is 0.325. The zero-order valence-electron chi connectivity index (χ0n) is 9.12. The SMILES string of the molecule is CCn1c(C(=O)O)c(C)c2cccc(Cl)c21. The van der Waals surface area contributed by atoms with Crippen molar-refractivity contribution in [2.24, 2.45) is 0 Å². The standard InChI is InChI=1S/C12H12ClNO2/c1-3-14-10(12(15)16)7(2)8-5-4-6-9(13)11(8)14/h4-6H,3H2,1-2H3,(H,15,16). The highest BCUT2D eigenvalue weighted by atomic mass is 35.5. The van der Waals surface area contributed by atoms with Gasteiger partial charge in [-0.05, 0) is 25.5 Å². The lowest BCUT2D eigenvalue weighted by Crippen LogP contribution is -2.08. The van der Waals surface area contributed by atoms with Gasteiger partial charge in [0.25, 0.3) is 0 Å². The van der Waals surface area contributed by atoms with Gasteiger partial charge >= 0.3 is 5.97 Å². The third-order valence-corrected chi connectivity index (χ3v) is 3.11. The van der Waals surface area contributed by atoms with Crippen LogP contribution in [0.1, 0.15) is 23.0 Å². The summed E-state index contributed by atoms with van der Waals surface area (Å²) in [7, 11) is 0. The molecule has 0 aliphatic carbocycles. The number of halogens is 1. The number of carboxylic acids is 1. The second-order valence-electron chi connectivity index (χ2n) is 3.66. The first kappa shape index (κ1) is 11.0. The summed E-state index contributed by atoms with van der Waals surface area (Å²) < 4.78 is 1.75. The van der Waals surface area contributed by atoms with E-state index in [0.717, 1.165) is 16.5 Å². The predicted octanol–water partition coefficient (Wildman–Crippen LogP) is 3.32. The fraction of sp³-hybridized carbons (Fsp3) is 0.250. The van der Waals surface area contributed by atoms with Gasteiger partial charge in [0, 0.05) is 11.9 Å². The second-order valence-corrected chi connectivity index (χ2v) is 4.07. The Morgan fingerprint density at radius 2 is 2.19 bits per heavy atom. The smallest absolute Gasteiger partial charge is 0.352 e. The summed E-state index contributed by atoms with van der Waals surface area (Å²) in [6, 6.07) is 5.51. The number of benzene rings is 1. The average Bonchev–Trinajstić information content (AvgIpc) is 2.53. The number of rotatable bonds is 2. The van der Waals surface area contributed by atoms with Gasteiger partial charge in [0.05, 0.1) is 10.5 Å². The molecule has 2 aromatic rings. The molecule has 0 spiro atoms. The normalized spacial score (nSPS) is 10.9. The molecule has 16 heavy (non-hydrogen) atoms. The molecule has 0 saturated heterocycles. The van der Waals surface area contributed by atoms with E-state index in [9.17, 15) is 9.90 Å². The number of aryl methyl sites for hydroxylation is 2. The number of aromatic nitrogens is 1. The van der Waals surface area contributed by atoms with Crippen LogP contribution in [0, 0.1) is 6.92 Å². The van der Waals surface area contributed by atoms with Crippen molar-refractivity contribution >= 4 is 28.5 Å².